The van der Waals surface area contributed by atoms with Crippen molar-refractivity contribution in [3.8, 4) is 0 Å². The Morgan fingerprint density at radius 1 is 0.780 bits per heavy atom. The van der Waals surface area contributed by atoms with Gasteiger partial charge in [0.05, 0.1) is 25.5 Å². The van der Waals surface area contributed by atoms with E-state index in [1.165, 1.54) is 6.33 Å². The Morgan fingerprint density at radius 3 is 2.00 bits per heavy atom. The molecule has 41 heavy (non-hydrogen) atoms. The Labute approximate surface area is 238 Å². The fraction of sp³-hybridized carbons (Fsp3) is 0.273. The molecular weight excluding hydrogens is 516 g/mol. The second kappa shape index (κ2) is 10.4. The highest BCUT2D eigenvalue weighted by Crippen LogP contribution is 2.63. The molecule has 0 bridgehead atoms. The van der Waals surface area contributed by atoms with Crippen molar-refractivity contribution in [1.82, 2.24) is 14.6 Å². The molecule has 0 amide bonds. The Balaban J connectivity index is 1.27. The summed E-state index contributed by atoms with van der Waals surface area (Å²) in [5.41, 5.74) is 9.19. The van der Waals surface area contributed by atoms with Crippen LogP contribution < -0.4 is 5.73 Å². The number of hydrogen-bond acceptors (Lipinski definition) is 7. The monoisotopic (exact) mass is 548 g/mol. The lowest BCUT2D eigenvalue weighted by molar-refractivity contribution is -0.180. The molecule has 3 heterocycles. The molecule has 7 rings (SSSR count). The molecule has 5 atom stereocenters. The van der Waals surface area contributed by atoms with Crippen LogP contribution in [0.15, 0.2) is 109 Å². The topological polar surface area (TPSA) is 93.1 Å². The minimum Gasteiger partial charge on any atom is -0.382 e. The number of ether oxygens (including phenoxy) is 4. The van der Waals surface area contributed by atoms with Crippen LogP contribution in [-0.4, -0.2) is 38.5 Å². The molecule has 8 heteroatoms. The van der Waals surface area contributed by atoms with Crippen molar-refractivity contribution >= 4 is 11.3 Å². The number of nitrogens with two attached hydrogens (primary N) is 1. The molecule has 2 aliphatic rings. The number of aromatic nitrogens is 3. The Hall–Kier alpha value is -4.08. The van der Waals surface area contributed by atoms with Crippen LogP contribution in [0, 0.1) is 0 Å². The number of anilines is 1. The summed E-state index contributed by atoms with van der Waals surface area (Å²) in [6.45, 7) is 3.27. The van der Waals surface area contributed by atoms with Gasteiger partial charge in [0.1, 0.15) is 35.8 Å². The summed E-state index contributed by atoms with van der Waals surface area (Å²) < 4.78 is 28.9. The summed E-state index contributed by atoms with van der Waals surface area (Å²) in [4.78, 5) is 4.16. The highest BCUT2D eigenvalue weighted by Gasteiger charge is 2.83. The van der Waals surface area contributed by atoms with E-state index in [1.807, 2.05) is 73.7 Å². The van der Waals surface area contributed by atoms with E-state index in [0.29, 0.717) is 31.2 Å². The first-order chi connectivity index (χ1) is 20.1. The third-order valence-corrected chi connectivity index (χ3v) is 8.19. The molecule has 1 aliphatic carbocycles. The Bertz CT molecular complexity index is 1630. The van der Waals surface area contributed by atoms with Gasteiger partial charge in [0, 0.05) is 0 Å². The molecule has 8 nitrogen and oxygen atoms in total. The predicted octanol–water partition coefficient (Wildman–Crippen LogP) is 5.07. The maximum Gasteiger partial charge on any atom is 0.155 e. The number of nitrogen functional groups attached to an aromatic ring is 1. The van der Waals surface area contributed by atoms with Crippen LogP contribution in [0.2, 0.25) is 0 Å². The van der Waals surface area contributed by atoms with Gasteiger partial charge in [0.15, 0.2) is 11.4 Å². The maximum atomic E-state index is 6.91. The van der Waals surface area contributed by atoms with E-state index in [4.69, 9.17) is 24.7 Å². The average molecular weight is 549 g/mol. The quantitative estimate of drug-likeness (QED) is 0.261. The third kappa shape index (κ3) is 4.49. The summed E-state index contributed by atoms with van der Waals surface area (Å²) in [6, 6.07) is 34.3. The lowest BCUT2D eigenvalue weighted by atomic mass is 9.90. The maximum absolute atomic E-state index is 6.91. The summed E-state index contributed by atoms with van der Waals surface area (Å²) in [7, 11) is 0. The summed E-state index contributed by atoms with van der Waals surface area (Å²) in [6.07, 6.45) is 0.286. The normalized spacial score (nSPS) is 26.7. The van der Waals surface area contributed by atoms with Gasteiger partial charge in [0.2, 0.25) is 0 Å². The zero-order valence-corrected chi connectivity index (χ0v) is 22.8. The van der Waals surface area contributed by atoms with E-state index in [0.717, 1.165) is 22.4 Å². The van der Waals surface area contributed by atoms with Crippen molar-refractivity contribution in [1.29, 1.82) is 0 Å². The van der Waals surface area contributed by atoms with Crippen LogP contribution in [-0.2, 0) is 44.4 Å². The van der Waals surface area contributed by atoms with E-state index in [2.05, 4.69) is 46.5 Å². The van der Waals surface area contributed by atoms with E-state index in [-0.39, 0.29) is 12.2 Å². The van der Waals surface area contributed by atoms with Crippen molar-refractivity contribution in [3.63, 3.8) is 0 Å². The number of fused-ring (bicyclic) bond motifs is 2. The van der Waals surface area contributed by atoms with Crippen LogP contribution in [0.1, 0.15) is 29.3 Å². The lowest BCUT2D eigenvalue weighted by Gasteiger charge is -2.37. The minimum atomic E-state index is -0.907. The number of hydrogen-bond donors (Lipinski definition) is 1. The highest BCUT2D eigenvalue weighted by atomic mass is 16.7. The lowest BCUT2D eigenvalue weighted by Crippen LogP contribution is -2.49. The molecule has 208 valence electrons. The first-order valence-electron chi connectivity index (χ1n) is 13.8. The van der Waals surface area contributed by atoms with Gasteiger partial charge in [-0.25, -0.2) is 9.50 Å². The Morgan fingerprint density at radius 2 is 1.37 bits per heavy atom. The fourth-order valence-corrected chi connectivity index (χ4v) is 6.10. The van der Waals surface area contributed by atoms with Gasteiger partial charge in [-0.2, -0.15) is 5.10 Å². The van der Waals surface area contributed by atoms with E-state index < -0.39 is 17.3 Å². The number of rotatable bonds is 10. The van der Waals surface area contributed by atoms with Crippen LogP contribution in [0.25, 0.3) is 5.52 Å². The standard InChI is InChI=1S/C33H32N4O4/c1-32(27-18-17-26-30(34)35-22-36-37(26)27)31(39-20-24-13-7-3-8-14-24)33(40-21-25-15-9-4-10-16-25)28(29(33)41-32)38-19-23-11-5-2-6-12-23/h2-18,22,28-29,31H,19-21H2,1H3,(H2,34,35,36)/t28?,29-,31+,32?,33-/m1/s1. The molecule has 0 radical (unpaired) electrons. The van der Waals surface area contributed by atoms with Crippen molar-refractivity contribution in [2.24, 2.45) is 0 Å². The average Bonchev–Trinajstić information content (AvgIpc) is 3.27. The predicted molar refractivity (Wildman–Crippen MR) is 154 cm³/mol. The van der Waals surface area contributed by atoms with E-state index in [9.17, 15) is 0 Å². The fourth-order valence-electron chi connectivity index (χ4n) is 6.10. The van der Waals surface area contributed by atoms with Gasteiger partial charge in [-0.3, -0.25) is 0 Å². The molecule has 1 aliphatic heterocycles. The van der Waals surface area contributed by atoms with E-state index >= 15 is 0 Å². The second-order valence-corrected chi connectivity index (χ2v) is 10.8. The van der Waals surface area contributed by atoms with E-state index in [1.54, 1.807) is 4.52 Å². The molecular formula is C33H32N4O4. The first-order valence-corrected chi connectivity index (χ1v) is 13.8. The van der Waals surface area contributed by atoms with Crippen LogP contribution in [0.5, 0.6) is 0 Å². The molecule has 1 saturated carbocycles. The largest absolute Gasteiger partial charge is 0.382 e. The smallest absolute Gasteiger partial charge is 0.155 e. The van der Waals surface area contributed by atoms with Gasteiger partial charge in [-0.15, -0.1) is 0 Å². The molecule has 3 aromatic carbocycles. The van der Waals surface area contributed by atoms with Crippen LogP contribution in [0.4, 0.5) is 5.82 Å². The molecule has 5 aromatic rings. The zero-order valence-electron chi connectivity index (χ0n) is 22.8. The summed E-state index contributed by atoms with van der Waals surface area (Å²) in [5, 5.41) is 4.51. The SMILES string of the molecule is CC1(c2ccc3c(N)ncnn23)O[C@@H]2C(OCc3ccccc3)[C@]2(OCc2ccccc2)[C@H]1OCc1ccccc1. The molecule has 0 spiro atoms. The van der Waals surface area contributed by atoms with Gasteiger partial charge in [-0.05, 0) is 35.7 Å². The number of benzene rings is 3. The molecule has 2 aromatic heterocycles. The van der Waals surface area contributed by atoms with Crippen molar-refractivity contribution in [3.05, 3.63) is 132 Å². The minimum absolute atomic E-state index is 0.314. The summed E-state index contributed by atoms with van der Waals surface area (Å²) in [5.74, 6) is 0.402. The summed E-state index contributed by atoms with van der Waals surface area (Å²) >= 11 is 0. The molecule has 2 N–H and O–H groups in total. The second-order valence-electron chi connectivity index (χ2n) is 10.8. The van der Waals surface area contributed by atoms with Crippen LogP contribution in [0.3, 0.4) is 0 Å². The number of nitrogens with zero attached hydrogens (tertiary/aromatic N) is 3. The van der Waals surface area contributed by atoms with Gasteiger partial charge in [0.25, 0.3) is 0 Å². The van der Waals surface area contributed by atoms with Gasteiger partial charge in [-0.1, -0.05) is 91.0 Å². The van der Waals surface area contributed by atoms with Crippen LogP contribution >= 0.6 is 0 Å². The highest BCUT2D eigenvalue weighted by molar-refractivity contribution is 5.66. The van der Waals surface area contributed by atoms with Crippen molar-refractivity contribution < 1.29 is 18.9 Å². The Kier molecular flexibility index (Phi) is 6.55. The van der Waals surface area contributed by atoms with Crippen molar-refractivity contribution in [2.75, 3.05) is 5.73 Å². The zero-order chi connectivity index (χ0) is 27.9. The molecule has 1 saturated heterocycles. The van der Waals surface area contributed by atoms with Gasteiger partial charge >= 0.3 is 0 Å². The molecule has 2 fully saturated rings. The third-order valence-electron chi connectivity index (χ3n) is 8.19. The van der Waals surface area contributed by atoms with Crippen molar-refractivity contribution in [2.45, 2.75) is 56.3 Å². The first kappa shape index (κ1) is 25.9. The van der Waals surface area contributed by atoms with Gasteiger partial charge < -0.3 is 24.7 Å². The molecule has 2 unspecified atom stereocenters.